The molecule has 0 aliphatic heterocycles. The molecule has 2 N–H and O–H groups in total. The van der Waals surface area contributed by atoms with Gasteiger partial charge >= 0.3 is 0 Å². The second kappa shape index (κ2) is 6.15. The molecule has 0 aliphatic carbocycles. The third-order valence-electron chi connectivity index (χ3n) is 2.35. The third-order valence-corrected chi connectivity index (χ3v) is 3.82. The molecule has 0 aliphatic rings. The van der Waals surface area contributed by atoms with Crippen LogP contribution < -0.4 is 10.6 Å². The summed E-state index contributed by atoms with van der Waals surface area (Å²) in [5.74, 6) is 0.0638. The molecule has 18 heavy (non-hydrogen) atoms. The van der Waals surface area contributed by atoms with E-state index in [9.17, 15) is 4.79 Å². The van der Waals surface area contributed by atoms with Crippen LogP contribution in [0.1, 0.15) is 13.3 Å². The number of rotatable bonds is 5. The van der Waals surface area contributed by atoms with E-state index in [1.807, 2.05) is 25.1 Å². The van der Waals surface area contributed by atoms with Crippen LogP contribution in [-0.4, -0.2) is 24.0 Å². The third kappa shape index (κ3) is 3.43. The highest BCUT2D eigenvalue weighted by molar-refractivity contribution is 9.10. The zero-order valence-corrected chi connectivity index (χ0v) is 12.4. The molecular formula is C12H14BrN3OS. The number of carbonyl (C=O) groups excluding carboxylic acids is 1. The molecule has 2 rings (SSSR count). The quantitative estimate of drug-likeness (QED) is 0.887. The van der Waals surface area contributed by atoms with E-state index in [1.165, 1.54) is 0 Å². The highest BCUT2D eigenvalue weighted by Gasteiger charge is 2.04. The van der Waals surface area contributed by atoms with Crippen molar-refractivity contribution in [3.8, 4) is 0 Å². The summed E-state index contributed by atoms with van der Waals surface area (Å²) in [4.78, 5) is 15.7. The van der Waals surface area contributed by atoms with Gasteiger partial charge in [0.1, 0.15) is 0 Å². The van der Waals surface area contributed by atoms with Gasteiger partial charge in [0.15, 0.2) is 5.13 Å². The number of nitrogens with zero attached hydrogens (tertiary/aromatic N) is 1. The fourth-order valence-corrected chi connectivity index (χ4v) is 2.99. The molecule has 1 heterocycles. The lowest BCUT2D eigenvalue weighted by molar-refractivity contribution is -0.120. The standard InChI is InChI=1S/C12H14BrN3OS/c1-2-14-11(17)5-6-15-12-16-9-4-3-8(13)7-10(9)18-12/h3-4,7H,2,5-6H2,1H3,(H,14,17)(H,15,16). The van der Waals surface area contributed by atoms with Crippen molar-refractivity contribution in [2.75, 3.05) is 18.4 Å². The number of carbonyl (C=O) groups is 1. The Kier molecular flexibility index (Phi) is 4.54. The molecule has 1 aromatic carbocycles. The van der Waals surface area contributed by atoms with E-state index in [1.54, 1.807) is 11.3 Å². The molecule has 6 heteroatoms. The monoisotopic (exact) mass is 327 g/mol. The fourth-order valence-electron chi connectivity index (χ4n) is 1.54. The lowest BCUT2D eigenvalue weighted by Crippen LogP contribution is -2.24. The second-order valence-corrected chi connectivity index (χ2v) is 5.71. The van der Waals surface area contributed by atoms with Crippen LogP contribution in [0.3, 0.4) is 0 Å². The second-order valence-electron chi connectivity index (χ2n) is 3.76. The first-order chi connectivity index (χ1) is 8.69. The average molecular weight is 328 g/mol. The molecule has 4 nitrogen and oxygen atoms in total. The predicted octanol–water partition coefficient (Wildman–Crippen LogP) is 3.00. The van der Waals surface area contributed by atoms with E-state index in [-0.39, 0.29) is 5.91 Å². The summed E-state index contributed by atoms with van der Waals surface area (Å²) in [6.07, 6.45) is 0.466. The Morgan fingerprint density at radius 1 is 1.50 bits per heavy atom. The minimum Gasteiger partial charge on any atom is -0.361 e. The number of halogens is 1. The molecule has 1 amide bonds. The van der Waals surface area contributed by atoms with E-state index >= 15 is 0 Å². The number of benzene rings is 1. The Balaban J connectivity index is 1.94. The molecule has 0 saturated heterocycles. The zero-order valence-electron chi connectivity index (χ0n) is 10.00. The van der Waals surface area contributed by atoms with Crippen LogP contribution in [0.5, 0.6) is 0 Å². The summed E-state index contributed by atoms with van der Waals surface area (Å²) >= 11 is 5.03. The first-order valence-electron chi connectivity index (χ1n) is 5.75. The number of hydrogen-bond donors (Lipinski definition) is 2. The van der Waals surface area contributed by atoms with Crippen LogP contribution in [0.15, 0.2) is 22.7 Å². The lowest BCUT2D eigenvalue weighted by Gasteiger charge is -2.02. The van der Waals surface area contributed by atoms with Gasteiger partial charge in [-0.3, -0.25) is 4.79 Å². The topological polar surface area (TPSA) is 54.0 Å². The molecule has 0 saturated carbocycles. The maximum absolute atomic E-state index is 11.3. The maximum atomic E-state index is 11.3. The summed E-state index contributed by atoms with van der Waals surface area (Å²) in [7, 11) is 0. The Morgan fingerprint density at radius 3 is 3.11 bits per heavy atom. The van der Waals surface area contributed by atoms with Gasteiger partial charge in [-0.25, -0.2) is 4.98 Å². The van der Waals surface area contributed by atoms with Gasteiger partial charge in [-0.15, -0.1) is 0 Å². The van der Waals surface area contributed by atoms with Crippen molar-refractivity contribution >= 4 is 48.5 Å². The van der Waals surface area contributed by atoms with Crippen LogP contribution in [0, 0.1) is 0 Å². The van der Waals surface area contributed by atoms with Crippen molar-refractivity contribution < 1.29 is 4.79 Å². The number of nitrogens with one attached hydrogen (secondary N) is 2. The first-order valence-corrected chi connectivity index (χ1v) is 7.36. The van der Waals surface area contributed by atoms with Crippen molar-refractivity contribution in [2.45, 2.75) is 13.3 Å². The number of fused-ring (bicyclic) bond motifs is 1. The van der Waals surface area contributed by atoms with Crippen molar-refractivity contribution in [2.24, 2.45) is 0 Å². The summed E-state index contributed by atoms with van der Waals surface area (Å²) in [6, 6.07) is 5.99. The molecule has 0 atom stereocenters. The molecule has 0 unspecified atom stereocenters. The lowest BCUT2D eigenvalue weighted by atomic mass is 10.3. The summed E-state index contributed by atoms with van der Waals surface area (Å²) in [5.41, 5.74) is 0.976. The van der Waals surface area contributed by atoms with Crippen LogP contribution in [0.4, 0.5) is 5.13 Å². The molecule has 0 spiro atoms. The normalized spacial score (nSPS) is 10.6. The van der Waals surface area contributed by atoms with Crippen molar-refractivity contribution in [3.05, 3.63) is 22.7 Å². The smallest absolute Gasteiger partial charge is 0.221 e. The Labute approximate surface area is 118 Å². The van der Waals surface area contributed by atoms with Crippen molar-refractivity contribution in [1.29, 1.82) is 0 Å². The number of amides is 1. The number of thiazole rings is 1. The average Bonchev–Trinajstić information content (AvgIpc) is 2.71. The van der Waals surface area contributed by atoms with Crippen LogP contribution in [0.25, 0.3) is 10.2 Å². The minimum absolute atomic E-state index is 0.0638. The molecule has 1 aromatic heterocycles. The molecule has 2 aromatic rings. The highest BCUT2D eigenvalue weighted by atomic mass is 79.9. The highest BCUT2D eigenvalue weighted by Crippen LogP contribution is 2.28. The minimum atomic E-state index is 0.0638. The molecule has 0 radical (unpaired) electrons. The van der Waals surface area contributed by atoms with Crippen molar-refractivity contribution in [1.82, 2.24) is 10.3 Å². The van der Waals surface area contributed by atoms with Gasteiger partial charge in [-0.05, 0) is 25.1 Å². The number of aromatic nitrogens is 1. The molecule has 0 bridgehead atoms. The predicted molar refractivity (Wildman–Crippen MR) is 79.1 cm³/mol. The molecule has 0 fully saturated rings. The maximum Gasteiger partial charge on any atom is 0.221 e. The van der Waals surface area contributed by atoms with Crippen LogP contribution >= 0.6 is 27.3 Å². The van der Waals surface area contributed by atoms with Gasteiger partial charge in [0.2, 0.25) is 5.91 Å². The Hall–Kier alpha value is -1.14. The van der Waals surface area contributed by atoms with E-state index in [2.05, 4.69) is 31.5 Å². The number of hydrogen-bond acceptors (Lipinski definition) is 4. The van der Waals surface area contributed by atoms with E-state index in [4.69, 9.17) is 0 Å². The first kappa shape index (κ1) is 13.3. The van der Waals surface area contributed by atoms with E-state index in [0.717, 1.165) is 19.8 Å². The van der Waals surface area contributed by atoms with Crippen molar-refractivity contribution in [3.63, 3.8) is 0 Å². The Morgan fingerprint density at radius 2 is 2.33 bits per heavy atom. The number of anilines is 1. The molecular weight excluding hydrogens is 314 g/mol. The Bertz CT molecular complexity index is 555. The van der Waals surface area contributed by atoms with Gasteiger partial charge in [0.25, 0.3) is 0 Å². The van der Waals surface area contributed by atoms with E-state index < -0.39 is 0 Å². The van der Waals surface area contributed by atoms with Gasteiger partial charge in [0, 0.05) is 24.0 Å². The summed E-state index contributed by atoms with van der Waals surface area (Å²) in [5, 5.41) is 6.79. The fraction of sp³-hybridized carbons (Fsp3) is 0.333. The largest absolute Gasteiger partial charge is 0.361 e. The van der Waals surface area contributed by atoms with Gasteiger partial charge < -0.3 is 10.6 Å². The van der Waals surface area contributed by atoms with Gasteiger partial charge in [0.05, 0.1) is 10.2 Å². The van der Waals surface area contributed by atoms with Crippen LogP contribution in [-0.2, 0) is 4.79 Å². The summed E-state index contributed by atoms with van der Waals surface area (Å²) < 4.78 is 2.18. The zero-order chi connectivity index (χ0) is 13.0. The van der Waals surface area contributed by atoms with Gasteiger partial charge in [-0.2, -0.15) is 0 Å². The SMILES string of the molecule is CCNC(=O)CCNc1nc2ccc(Br)cc2s1. The van der Waals surface area contributed by atoms with Crippen LogP contribution in [0.2, 0.25) is 0 Å². The molecule has 96 valence electrons. The summed E-state index contributed by atoms with van der Waals surface area (Å²) in [6.45, 7) is 3.19. The van der Waals surface area contributed by atoms with Gasteiger partial charge in [-0.1, -0.05) is 27.3 Å². The van der Waals surface area contributed by atoms with E-state index in [0.29, 0.717) is 19.5 Å².